The van der Waals surface area contributed by atoms with Gasteiger partial charge in [-0.05, 0) is 61.1 Å². The van der Waals surface area contributed by atoms with E-state index in [1.165, 1.54) is 6.42 Å². The standard InChI is InChI=1S/C20H24N2O2.BrH/c1-3-13-12-22-9-7-14(13)10-19(22)20(23)16-6-8-21-18-5-4-15(24-2)11-17(16)18;/h3-6,8,11,13-14,19-20,23H,1,7,9-10,12H2,2H3;1H. The Morgan fingerprint density at radius 2 is 2.24 bits per heavy atom. The molecule has 3 aliphatic heterocycles. The van der Waals surface area contributed by atoms with Crippen LogP contribution in [0.15, 0.2) is 43.1 Å². The zero-order chi connectivity index (χ0) is 16.7. The van der Waals surface area contributed by atoms with Gasteiger partial charge in [0.25, 0.3) is 0 Å². The number of hydrogen-bond acceptors (Lipinski definition) is 4. The summed E-state index contributed by atoms with van der Waals surface area (Å²) in [5.41, 5.74) is 1.85. The molecule has 0 saturated carbocycles. The van der Waals surface area contributed by atoms with Crippen LogP contribution < -0.4 is 4.74 Å². The van der Waals surface area contributed by atoms with E-state index in [4.69, 9.17) is 4.74 Å². The molecule has 0 aliphatic carbocycles. The van der Waals surface area contributed by atoms with Crippen molar-refractivity contribution in [1.82, 2.24) is 9.88 Å². The molecule has 0 amide bonds. The lowest BCUT2D eigenvalue weighted by Crippen LogP contribution is -2.54. The van der Waals surface area contributed by atoms with Crippen LogP contribution in [-0.2, 0) is 0 Å². The van der Waals surface area contributed by atoms with E-state index in [1.54, 1.807) is 13.3 Å². The lowest BCUT2D eigenvalue weighted by Gasteiger charge is -2.50. The van der Waals surface area contributed by atoms with E-state index in [1.807, 2.05) is 24.3 Å². The van der Waals surface area contributed by atoms with Gasteiger partial charge in [-0.2, -0.15) is 0 Å². The first-order valence-corrected chi connectivity index (χ1v) is 8.68. The number of ether oxygens (including phenoxy) is 1. The molecule has 4 heterocycles. The minimum atomic E-state index is -0.504. The molecule has 3 aliphatic rings. The number of benzene rings is 1. The first-order valence-electron chi connectivity index (χ1n) is 8.68. The third-order valence-electron chi connectivity index (χ3n) is 5.82. The van der Waals surface area contributed by atoms with Crippen molar-refractivity contribution in [1.29, 1.82) is 0 Å². The molecule has 1 aromatic carbocycles. The van der Waals surface area contributed by atoms with Crippen molar-refractivity contribution in [2.45, 2.75) is 25.0 Å². The molecule has 25 heavy (non-hydrogen) atoms. The number of aliphatic hydroxyl groups excluding tert-OH is 1. The Bertz CT molecular complexity index is 766. The Hall–Kier alpha value is -1.43. The van der Waals surface area contributed by atoms with Crippen LogP contribution in [0.4, 0.5) is 0 Å². The number of aliphatic hydroxyl groups is 1. The second-order valence-corrected chi connectivity index (χ2v) is 6.97. The van der Waals surface area contributed by atoms with Gasteiger partial charge >= 0.3 is 0 Å². The molecule has 5 heteroatoms. The van der Waals surface area contributed by atoms with Gasteiger partial charge < -0.3 is 9.84 Å². The molecule has 3 saturated heterocycles. The van der Waals surface area contributed by atoms with Crippen LogP contribution in [0.2, 0.25) is 0 Å². The molecule has 5 atom stereocenters. The molecule has 5 unspecified atom stereocenters. The van der Waals surface area contributed by atoms with Crippen LogP contribution in [-0.4, -0.2) is 41.2 Å². The highest BCUT2D eigenvalue weighted by atomic mass is 79.9. The van der Waals surface area contributed by atoms with E-state index in [2.05, 4.69) is 22.5 Å². The first-order chi connectivity index (χ1) is 11.7. The van der Waals surface area contributed by atoms with Gasteiger partial charge in [0.05, 0.1) is 18.7 Å². The summed E-state index contributed by atoms with van der Waals surface area (Å²) in [4.78, 5) is 6.86. The van der Waals surface area contributed by atoms with Gasteiger partial charge in [-0.3, -0.25) is 9.88 Å². The van der Waals surface area contributed by atoms with Crippen LogP contribution in [0.1, 0.15) is 24.5 Å². The Morgan fingerprint density at radius 3 is 2.92 bits per heavy atom. The van der Waals surface area contributed by atoms with Gasteiger partial charge in [0, 0.05) is 24.2 Å². The highest BCUT2D eigenvalue weighted by molar-refractivity contribution is 8.93. The number of rotatable bonds is 4. The second kappa shape index (κ2) is 7.44. The third kappa shape index (κ3) is 3.21. The Kier molecular flexibility index (Phi) is 5.46. The largest absolute Gasteiger partial charge is 0.497 e. The van der Waals surface area contributed by atoms with Crippen molar-refractivity contribution in [3.8, 4) is 5.75 Å². The number of aromatic nitrogens is 1. The lowest BCUT2D eigenvalue weighted by atomic mass is 9.73. The van der Waals surface area contributed by atoms with Crippen molar-refractivity contribution >= 4 is 27.9 Å². The van der Waals surface area contributed by atoms with Gasteiger partial charge in [0.15, 0.2) is 0 Å². The zero-order valence-corrected chi connectivity index (χ0v) is 16.2. The van der Waals surface area contributed by atoms with Crippen molar-refractivity contribution in [2.75, 3.05) is 20.2 Å². The normalized spacial score (nSPS) is 29.0. The van der Waals surface area contributed by atoms with Crippen LogP contribution in [0.5, 0.6) is 5.75 Å². The summed E-state index contributed by atoms with van der Waals surface area (Å²) in [6.07, 6.45) is 5.62. The van der Waals surface area contributed by atoms with Crippen LogP contribution >= 0.6 is 17.0 Å². The maximum absolute atomic E-state index is 11.2. The maximum atomic E-state index is 11.2. The Labute approximate surface area is 159 Å². The number of pyridine rings is 1. The summed E-state index contributed by atoms with van der Waals surface area (Å²) in [7, 11) is 1.66. The topological polar surface area (TPSA) is 45.6 Å². The summed E-state index contributed by atoms with van der Waals surface area (Å²) in [6, 6.07) is 7.96. The van der Waals surface area contributed by atoms with Gasteiger partial charge in [-0.25, -0.2) is 0 Å². The van der Waals surface area contributed by atoms with Gasteiger partial charge in [0.1, 0.15) is 5.75 Å². The van der Waals surface area contributed by atoms with E-state index in [9.17, 15) is 5.11 Å². The van der Waals surface area contributed by atoms with Crippen molar-refractivity contribution in [2.24, 2.45) is 11.8 Å². The second-order valence-electron chi connectivity index (χ2n) is 6.97. The molecule has 0 radical (unpaired) electrons. The first kappa shape index (κ1) is 18.4. The molecule has 2 bridgehead atoms. The molecular formula is C20H25BrN2O2. The van der Waals surface area contributed by atoms with E-state index < -0.39 is 6.10 Å². The fourth-order valence-electron chi connectivity index (χ4n) is 4.44. The fourth-order valence-corrected chi connectivity index (χ4v) is 4.44. The summed E-state index contributed by atoms with van der Waals surface area (Å²) in [5, 5.41) is 12.1. The van der Waals surface area contributed by atoms with Gasteiger partial charge in [-0.1, -0.05) is 6.08 Å². The number of nitrogens with zero attached hydrogens (tertiary/aromatic N) is 2. The maximum Gasteiger partial charge on any atom is 0.119 e. The number of halogens is 1. The van der Waals surface area contributed by atoms with Crippen molar-refractivity contribution in [3.05, 3.63) is 48.7 Å². The monoisotopic (exact) mass is 404 g/mol. The van der Waals surface area contributed by atoms with Crippen LogP contribution in [0, 0.1) is 11.8 Å². The molecule has 3 fully saturated rings. The minimum absolute atomic E-state index is 0. The summed E-state index contributed by atoms with van der Waals surface area (Å²) >= 11 is 0. The van der Waals surface area contributed by atoms with Gasteiger partial charge in [0.2, 0.25) is 0 Å². The predicted molar refractivity (Wildman–Crippen MR) is 105 cm³/mol. The molecule has 134 valence electrons. The smallest absolute Gasteiger partial charge is 0.119 e. The van der Waals surface area contributed by atoms with Crippen molar-refractivity contribution in [3.63, 3.8) is 0 Å². The number of fused-ring (bicyclic) bond motifs is 4. The summed E-state index contributed by atoms with van der Waals surface area (Å²) in [6.45, 7) is 6.07. The molecule has 4 nitrogen and oxygen atoms in total. The van der Waals surface area contributed by atoms with E-state index >= 15 is 0 Å². The molecule has 2 aromatic rings. The average Bonchev–Trinajstić information content (AvgIpc) is 2.66. The van der Waals surface area contributed by atoms with Gasteiger partial charge in [-0.15, -0.1) is 23.6 Å². The summed E-state index contributed by atoms with van der Waals surface area (Å²) < 4.78 is 5.35. The summed E-state index contributed by atoms with van der Waals surface area (Å²) in [5.74, 6) is 2.01. The molecule has 1 aromatic heterocycles. The van der Waals surface area contributed by atoms with Crippen LogP contribution in [0.25, 0.3) is 10.9 Å². The number of hydrogen-bond donors (Lipinski definition) is 1. The van der Waals surface area contributed by atoms with Crippen molar-refractivity contribution < 1.29 is 9.84 Å². The molecular weight excluding hydrogens is 380 g/mol. The predicted octanol–water partition coefficient (Wildman–Crippen LogP) is 3.75. The lowest BCUT2D eigenvalue weighted by molar-refractivity contribution is -0.0444. The average molecular weight is 405 g/mol. The highest BCUT2D eigenvalue weighted by Gasteiger charge is 2.42. The number of piperidine rings is 3. The third-order valence-corrected chi connectivity index (χ3v) is 5.82. The Morgan fingerprint density at radius 1 is 1.40 bits per heavy atom. The molecule has 1 N–H and O–H groups in total. The Balaban J connectivity index is 0.00000182. The molecule has 0 spiro atoms. The number of methoxy groups -OCH3 is 1. The van der Waals surface area contributed by atoms with E-state index in [-0.39, 0.29) is 23.0 Å². The highest BCUT2D eigenvalue weighted by Crippen LogP contribution is 2.42. The quantitative estimate of drug-likeness (QED) is 0.788. The molecule has 5 rings (SSSR count). The minimum Gasteiger partial charge on any atom is -0.497 e. The SMILES string of the molecule is Br.C=CC1CN2CCC1CC2C(O)c1ccnc2ccc(OC)cc12. The zero-order valence-electron chi connectivity index (χ0n) is 14.5. The van der Waals surface area contributed by atoms with E-state index in [0.29, 0.717) is 11.8 Å². The fraction of sp³-hybridized carbons (Fsp3) is 0.450. The van der Waals surface area contributed by atoms with Crippen LogP contribution in [0.3, 0.4) is 0 Å². The van der Waals surface area contributed by atoms with E-state index in [0.717, 1.165) is 41.7 Å².